The maximum absolute atomic E-state index is 13.9. The second kappa shape index (κ2) is 10.6. The minimum absolute atomic E-state index is 0.0123. The third-order valence-corrected chi connectivity index (χ3v) is 7.44. The molecule has 0 spiro atoms. The number of imide groups is 1. The molecule has 0 radical (unpaired) electrons. The number of carbonyl (C=O) groups is 4. The highest BCUT2D eigenvalue weighted by Crippen LogP contribution is 2.46. The molecule has 2 heterocycles. The van der Waals surface area contributed by atoms with Crippen molar-refractivity contribution in [1.29, 1.82) is 0 Å². The molecule has 8 nitrogen and oxygen atoms in total. The first-order chi connectivity index (χ1) is 17.3. The second-order valence-corrected chi connectivity index (χ2v) is 10.2. The third-order valence-electron chi connectivity index (χ3n) is 7.44. The normalized spacial score (nSPS) is 20.3. The summed E-state index contributed by atoms with van der Waals surface area (Å²) in [5.41, 5.74) is 2.54. The van der Waals surface area contributed by atoms with Crippen molar-refractivity contribution in [3.8, 4) is 0 Å². The Labute approximate surface area is 211 Å². The highest BCUT2D eigenvalue weighted by molar-refractivity contribution is 6.21. The number of fused-ring (bicyclic) bond motifs is 1. The Morgan fingerprint density at radius 1 is 0.972 bits per heavy atom. The molecule has 0 aliphatic carbocycles. The molecule has 190 valence electrons. The maximum atomic E-state index is 13.9. The number of nitrogens with zero attached hydrogens (tertiary/aromatic N) is 2. The summed E-state index contributed by atoms with van der Waals surface area (Å²) < 4.78 is 0. The van der Waals surface area contributed by atoms with E-state index in [1.807, 2.05) is 44.2 Å². The number of nitrogens with one attached hydrogen (secondary N) is 1. The van der Waals surface area contributed by atoms with Crippen molar-refractivity contribution < 1.29 is 24.4 Å². The number of hydroxylamine groups is 1. The predicted octanol–water partition coefficient (Wildman–Crippen LogP) is 3.30. The molecule has 2 aliphatic heterocycles. The van der Waals surface area contributed by atoms with E-state index in [1.54, 1.807) is 34.6 Å². The van der Waals surface area contributed by atoms with Gasteiger partial charge in [-0.25, -0.2) is 5.48 Å². The van der Waals surface area contributed by atoms with E-state index in [4.69, 9.17) is 0 Å². The van der Waals surface area contributed by atoms with E-state index in [2.05, 4.69) is 0 Å². The molecule has 2 N–H and O–H groups in total. The van der Waals surface area contributed by atoms with Crippen LogP contribution in [-0.2, 0) is 16.0 Å². The van der Waals surface area contributed by atoms with Gasteiger partial charge in [-0.3, -0.25) is 29.3 Å². The van der Waals surface area contributed by atoms with Crippen LogP contribution in [0.3, 0.4) is 0 Å². The highest BCUT2D eigenvalue weighted by Gasteiger charge is 2.54. The highest BCUT2D eigenvalue weighted by atomic mass is 16.5. The van der Waals surface area contributed by atoms with Crippen LogP contribution in [0.5, 0.6) is 0 Å². The van der Waals surface area contributed by atoms with Crippen LogP contribution in [-0.4, -0.2) is 58.3 Å². The summed E-state index contributed by atoms with van der Waals surface area (Å²) in [6.45, 7) is 5.04. The molecule has 2 aromatic rings. The first kappa shape index (κ1) is 25.6. The van der Waals surface area contributed by atoms with E-state index < -0.39 is 29.1 Å². The van der Waals surface area contributed by atoms with Crippen molar-refractivity contribution in [2.24, 2.45) is 17.3 Å². The van der Waals surface area contributed by atoms with Crippen LogP contribution in [0, 0.1) is 17.3 Å². The van der Waals surface area contributed by atoms with Gasteiger partial charge in [0, 0.05) is 19.6 Å². The molecular weight excluding hydrogens is 458 g/mol. The Kier molecular flexibility index (Phi) is 7.54. The SMILES string of the molecule is CC(C)C[C@@]1([C@@H](CCN2C(=O)c3ccccc3C2=O)C(=O)NO)CCN(CCc2ccccc2)C1=O. The summed E-state index contributed by atoms with van der Waals surface area (Å²) in [5.74, 6) is -2.34. The van der Waals surface area contributed by atoms with Gasteiger partial charge in [0.25, 0.3) is 11.8 Å². The molecule has 1 fully saturated rings. The maximum Gasteiger partial charge on any atom is 0.261 e. The lowest BCUT2D eigenvalue weighted by Crippen LogP contribution is -2.48. The summed E-state index contributed by atoms with van der Waals surface area (Å²) in [6, 6.07) is 16.5. The average molecular weight is 492 g/mol. The summed E-state index contributed by atoms with van der Waals surface area (Å²) in [4.78, 5) is 55.5. The Balaban J connectivity index is 1.55. The Morgan fingerprint density at radius 3 is 2.17 bits per heavy atom. The summed E-state index contributed by atoms with van der Waals surface area (Å²) >= 11 is 0. The standard InChI is InChI=1S/C28H33N3O5/c1-19(2)18-28(14-17-30(27(28)35)15-12-20-8-4-3-5-9-20)23(24(32)29-36)13-16-31-25(33)21-10-6-7-11-22(21)26(31)34/h3-11,19,23,36H,12-18H2,1-2H3,(H,29,32)/t23-,28+/m0/s1. The predicted molar refractivity (Wildman–Crippen MR) is 133 cm³/mol. The molecule has 36 heavy (non-hydrogen) atoms. The summed E-state index contributed by atoms with van der Waals surface area (Å²) in [5, 5.41) is 9.58. The fourth-order valence-corrected chi connectivity index (χ4v) is 5.80. The molecule has 0 saturated carbocycles. The van der Waals surface area contributed by atoms with E-state index in [1.165, 1.54) is 0 Å². The first-order valence-electron chi connectivity index (χ1n) is 12.5. The molecule has 0 bridgehead atoms. The lowest BCUT2D eigenvalue weighted by molar-refractivity contribution is -0.150. The molecule has 0 aromatic heterocycles. The Morgan fingerprint density at radius 2 is 1.58 bits per heavy atom. The molecule has 0 unspecified atom stereocenters. The first-order valence-corrected chi connectivity index (χ1v) is 12.5. The monoisotopic (exact) mass is 491 g/mol. The molecule has 2 aromatic carbocycles. The topological polar surface area (TPSA) is 107 Å². The van der Waals surface area contributed by atoms with Crippen LogP contribution < -0.4 is 5.48 Å². The molecule has 2 atom stereocenters. The number of hydrogen-bond acceptors (Lipinski definition) is 5. The number of benzene rings is 2. The minimum atomic E-state index is -1.02. The van der Waals surface area contributed by atoms with Crippen molar-refractivity contribution in [1.82, 2.24) is 15.3 Å². The smallest absolute Gasteiger partial charge is 0.261 e. The van der Waals surface area contributed by atoms with Crippen LogP contribution in [0.15, 0.2) is 54.6 Å². The number of amides is 4. The van der Waals surface area contributed by atoms with Gasteiger partial charge < -0.3 is 4.90 Å². The molecule has 4 amide bonds. The average Bonchev–Trinajstić information content (AvgIpc) is 3.32. The van der Waals surface area contributed by atoms with Gasteiger partial charge in [-0.05, 0) is 49.3 Å². The zero-order valence-electron chi connectivity index (χ0n) is 20.8. The van der Waals surface area contributed by atoms with Gasteiger partial charge in [0.2, 0.25) is 11.8 Å². The minimum Gasteiger partial charge on any atom is -0.342 e. The summed E-state index contributed by atoms with van der Waals surface area (Å²) in [6.07, 6.45) is 1.73. The van der Waals surface area contributed by atoms with Crippen molar-refractivity contribution in [2.75, 3.05) is 19.6 Å². The quantitative estimate of drug-likeness (QED) is 0.301. The lowest BCUT2D eigenvalue weighted by Gasteiger charge is -2.36. The molecular formula is C28H33N3O5. The van der Waals surface area contributed by atoms with Crippen LogP contribution in [0.4, 0.5) is 0 Å². The van der Waals surface area contributed by atoms with Crippen molar-refractivity contribution in [2.45, 2.75) is 39.5 Å². The largest absolute Gasteiger partial charge is 0.342 e. The second-order valence-electron chi connectivity index (χ2n) is 10.2. The molecule has 4 rings (SSSR count). The van der Waals surface area contributed by atoms with Gasteiger partial charge in [0.05, 0.1) is 22.5 Å². The zero-order valence-corrected chi connectivity index (χ0v) is 20.8. The molecule has 1 saturated heterocycles. The van der Waals surface area contributed by atoms with E-state index in [0.717, 1.165) is 10.5 Å². The van der Waals surface area contributed by atoms with Crippen LogP contribution >= 0.6 is 0 Å². The zero-order chi connectivity index (χ0) is 25.9. The molecule has 8 heteroatoms. The van der Waals surface area contributed by atoms with Gasteiger partial charge in [0.15, 0.2) is 0 Å². The fraction of sp³-hybridized carbons (Fsp3) is 0.429. The van der Waals surface area contributed by atoms with Gasteiger partial charge >= 0.3 is 0 Å². The fourth-order valence-electron chi connectivity index (χ4n) is 5.80. The third kappa shape index (κ3) is 4.78. The van der Waals surface area contributed by atoms with E-state index in [9.17, 15) is 24.4 Å². The van der Waals surface area contributed by atoms with Crippen molar-refractivity contribution >= 4 is 23.6 Å². The summed E-state index contributed by atoms with van der Waals surface area (Å²) in [7, 11) is 0. The lowest BCUT2D eigenvalue weighted by atomic mass is 9.67. The van der Waals surface area contributed by atoms with Gasteiger partial charge in [-0.2, -0.15) is 0 Å². The van der Waals surface area contributed by atoms with Gasteiger partial charge in [-0.1, -0.05) is 56.3 Å². The van der Waals surface area contributed by atoms with Gasteiger partial charge in [0.1, 0.15) is 0 Å². The van der Waals surface area contributed by atoms with Crippen LogP contribution in [0.1, 0.15) is 59.4 Å². The van der Waals surface area contributed by atoms with Crippen molar-refractivity contribution in [3.63, 3.8) is 0 Å². The number of carbonyl (C=O) groups excluding carboxylic acids is 4. The van der Waals surface area contributed by atoms with E-state index >= 15 is 0 Å². The Bertz CT molecular complexity index is 1110. The van der Waals surface area contributed by atoms with Crippen LogP contribution in [0.2, 0.25) is 0 Å². The number of rotatable bonds is 10. The van der Waals surface area contributed by atoms with Crippen LogP contribution in [0.25, 0.3) is 0 Å². The van der Waals surface area contributed by atoms with E-state index in [-0.39, 0.29) is 24.8 Å². The molecule has 2 aliphatic rings. The Hall–Kier alpha value is -3.52. The van der Waals surface area contributed by atoms with Crippen molar-refractivity contribution in [3.05, 3.63) is 71.3 Å². The number of likely N-dealkylation sites (tertiary alicyclic amines) is 1. The van der Waals surface area contributed by atoms with Gasteiger partial charge in [-0.15, -0.1) is 0 Å². The van der Waals surface area contributed by atoms with E-state index in [0.29, 0.717) is 43.5 Å². The number of hydrogen-bond donors (Lipinski definition) is 2.